The fourth-order valence-corrected chi connectivity index (χ4v) is 2.47. The SMILES string of the molecule is COc1ccc(N2C(=O)Cc3ccccc3C2=O)c(N)c1. The number of nitrogen functional groups attached to an aromatic ring is 1. The van der Waals surface area contributed by atoms with E-state index in [9.17, 15) is 9.59 Å². The van der Waals surface area contributed by atoms with Crippen molar-refractivity contribution in [2.24, 2.45) is 0 Å². The number of carbonyl (C=O) groups excluding carboxylic acids is 2. The molecule has 2 aromatic rings. The molecule has 1 aliphatic heterocycles. The Bertz CT molecular complexity index is 740. The number of hydrogen-bond acceptors (Lipinski definition) is 4. The molecule has 5 nitrogen and oxygen atoms in total. The van der Waals surface area contributed by atoms with E-state index < -0.39 is 0 Å². The largest absolute Gasteiger partial charge is 0.497 e. The zero-order valence-electron chi connectivity index (χ0n) is 11.5. The van der Waals surface area contributed by atoms with Gasteiger partial charge in [-0.05, 0) is 23.8 Å². The van der Waals surface area contributed by atoms with E-state index in [2.05, 4.69) is 0 Å². The third-order valence-electron chi connectivity index (χ3n) is 3.52. The summed E-state index contributed by atoms with van der Waals surface area (Å²) in [5, 5.41) is 0. The third-order valence-corrected chi connectivity index (χ3v) is 3.52. The van der Waals surface area contributed by atoms with E-state index >= 15 is 0 Å². The molecule has 1 aliphatic rings. The van der Waals surface area contributed by atoms with Crippen molar-refractivity contribution in [2.75, 3.05) is 17.7 Å². The summed E-state index contributed by atoms with van der Waals surface area (Å²) >= 11 is 0. The number of anilines is 2. The van der Waals surface area contributed by atoms with Crippen LogP contribution in [-0.2, 0) is 11.2 Å². The number of fused-ring (bicyclic) bond motifs is 1. The number of ether oxygens (including phenoxy) is 1. The van der Waals surface area contributed by atoms with Crippen molar-refractivity contribution in [3.05, 3.63) is 53.6 Å². The molecule has 2 amide bonds. The molecule has 0 aliphatic carbocycles. The Hall–Kier alpha value is -2.82. The molecule has 21 heavy (non-hydrogen) atoms. The van der Waals surface area contributed by atoms with Gasteiger partial charge in [-0.2, -0.15) is 0 Å². The smallest absolute Gasteiger partial charge is 0.265 e. The first-order chi connectivity index (χ1) is 10.1. The van der Waals surface area contributed by atoms with Crippen molar-refractivity contribution in [3.63, 3.8) is 0 Å². The highest BCUT2D eigenvalue weighted by Gasteiger charge is 2.32. The molecule has 0 spiro atoms. The maximum atomic E-state index is 12.6. The molecule has 0 fully saturated rings. The summed E-state index contributed by atoms with van der Waals surface area (Å²) in [6, 6.07) is 12.0. The Kier molecular flexibility index (Phi) is 3.10. The molecule has 1 heterocycles. The fraction of sp³-hybridized carbons (Fsp3) is 0.125. The van der Waals surface area contributed by atoms with Crippen molar-refractivity contribution in [1.29, 1.82) is 0 Å². The Labute approximate surface area is 121 Å². The third kappa shape index (κ3) is 2.12. The molecule has 0 saturated heterocycles. The van der Waals surface area contributed by atoms with Crippen molar-refractivity contribution >= 4 is 23.2 Å². The van der Waals surface area contributed by atoms with Crippen molar-refractivity contribution < 1.29 is 14.3 Å². The van der Waals surface area contributed by atoms with Crippen molar-refractivity contribution in [1.82, 2.24) is 0 Å². The lowest BCUT2D eigenvalue weighted by atomic mass is 9.98. The highest BCUT2D eigenvalue weighted by Crippen LogP contribution is 2.32. The molecule has 0 aromatic heterocycles. The van der Waals surface area contributed by atoms with Crippen LogP contribution in [0.4, 0.5) is 11.4 Å². The highest BCUT2D eigenvalue weighted by molar-refractivity contribution is 6.25. The molecule has 5 heteroatoms. The van der Waals surface area contributed by atoms with Crippen LogP contribution in [0.2, 0.25) is 0 Å². The summed E-state index contributed by atoms with van der Waals surface area (Å²) < 4.78 is 5.08. The molecule has 2 aromatic carbocycles. The molecule has 3 rings (SSSR count). The summed E-state index contributed by atoms with van der Waals surface area (Å²) in [5.74, 6) is -0.0529. The van der Waals surface area contributed by atoms with Crippen LogP contribution in [0.1, 0.15) is 15.9 Å². The molecule has 0 atom stereocenters. The van der Waals surface area contributed by atoms with Gasteiger partial charge in [-0.1, -0.05) is 18.2 Å². The minimum Gasteiger partial charge on any atom is -0.497 e. The average molecular weight is 282 g/mol. The molecule has 0 bridgehead atoms. The van der Waals surface area contributed by atoms with Gasteiger partial charge in [0.25, 0.3) is 5.91 Å². The van der Waals surface area contributed by atoms with Gasteiger partial charge in [0.2, 0.25) is 5.91 Å². The van der Waals surface area contributed by atoms with E-state index in [1.165, 1.54) is 7.11 Å². The number of methoxy groups -OCH3 is 1. The standard InChI is InChI=1S/C16H14N2O3/c1-21-11-6-7-14(13(17)9-11)18-15(19)8-10-4-2-3-5-12(10)16(18)20/h2-7,9H,8,17H2,1H3. The number of carbonyl (C=O) groups is 2. The maximum Gasteiger partial charge on any atom is 0.265 e. The van der Waals surface area contributed by atoms with Crippen LogP contribution in [0.15, 0.2) is 42.5 Å². The lowest BCUT2D eigenvalue weighted by molar-refractivity contribution is -0.117. The van der Waals surface area contributed by atoms with Crippen LogP contribution in [0.25, 0.3) is 0 Å². The Morgan fingerprint density at radius 3 is 2.62 bits per heavy atom. The second kappa shape index (κ2) is 4.94. The van der Waals surface area contributed by atoms with E-state index in [1.54, 1.807) is 36.4 Å². The minimum atomic E-state index is -0.348. The maximum absolute atomic E-state index is 12.6. The highest BCUT2D eigenvalue weighted by atomic mass is 16.5. The zero-order valence-corrected chi connectivity index (χ0v) is 11.5. The van der Waals surface area contributed by atoms with Gasteiger partial charge in [-0.25, -0.2) is 4.90 Å². The quantitative estimate of drug-likeness (QED) is 0.675. The van der Waals surface area contributed by atoms with Crippen LogP contribution in [0.3, 0.4) is 0 Å². The number of hydrogen-bond donors (Lipinski definition) is 1. The van der Waals surface area contributed by atoms with Gasteiger partial charge in [0.05, 0.1) is 24.9 Å². The van der Waals surface area contributed by atoms with Crippen molar-refractivity contribution in [3.8, 4) is 5.75 Å². The molecule has 0 unspecified atom stereocenters. The van der Waals surface area contributed by atoms with Gasteiger partial charge in [-0.15, -0.1) is 0 Å². The van der Waals surface area contributed by atoms with Crippen LogP contribution < -0.4 is 15.4 Å². The molecule has 0 radical (unpaired) electrons. The summed E-state index contributed by atoms with van der Waals surface area (Å²) in [6.07, 6.45) is 0.188. The summed E-state index contributed by atoms with van der Waals surface area (Å²) in [4.78, 5) is 26.0. The van der Waals surface area contributed by atoms with Crippen LogP contribution >= 0.6 is 0 Å². The minimum absolute atomic E-state index is 0.188. The summed E-state index contributed by atoms with van der Waals surface area (Å²) in [6.45, 7) is 0. The van der Waals surface area contributed by atoms with E-state index in [0.29, 0.717) is 22.7 Å². The second-order valence-electron chi connectivity index (χ2n) is 4.79. The molecule has 106 valence electrons. The zero-order chi connectivity index (χ0) is 15.0. The second-order valence-corrected chi connectivity index (χ2v) is 4.79. The Balaban J connectivity index is 2.07. The van der Waals surface area contributed by atoms with E-state index in [1.807, 2.05) is 6.07 Å². The number of rotatable bonds is 2. The fourth-order valence-electron chi connectivity index (χ4n) is 2.47. The van der Waals surface area contributed by atoms with E-state index in [0.717, 1.165) is 10.5 Å². The Morgan fingerprint density at radius 2 is 1.90 bits per heavy atom. The lowest BCUT2D eigenvalue weighted by Crippen LogP contribution is -2.42. The average Bonchev–Trinajstić information content (AvgIpc) is 2.48. The van der Waals surface area contributed by atoms with Crippen LogP contribution in [0, 0.1) is 0 Å². The van der Waals surface area contributed by atoms with E-state index in [-0.39, 0.29) is 18.2 Å². The first-order valence-corrected chi connectivity index (χ1v) is 6.50. The first kappa shape index (κ1) is 13.2. The summed E-state index contributed by atoms with van der Waals surface area (Å²) in [5.41, 5.74) is 7.95. The summed E-state index contributed by atoms with van der Waals surface area (Å²) in [7, 11) is 1.53. The molecule has 2 N–H and O–H groups in total. The number of imide groups is 1. The van der Waals surface area contributed by atoms with E-state index in [4.69, 9.17) is 10.5 Å². The van der Waals surface area contributed by atoms with Gasteiger partial charge < -0.3 is 10.5 Å². The van der Waals surface area contributed by atoms with Gasteiger partial charge >= 0.3 is 0 Å². The normalized spacial score (nSPS) is 14.0. The predicted molar refractivity (Wildman–Crippen MR) is 79.4 cm³/mol. The molecular formula is C16H14N2O3. The number of amides is 2. The molecule has 0 saturated carbocycles. The topological polar surface area (TPSA) is 72.6 Å². The lowest BCUT2D eigenvalue weighted by Gasteiger charge is -2.27. The number of nitrogens with two attached hydrogens (primary N) is 1. The number of nitrogens with zero attached hydrogens (tertiary/aromatic N) is 1. The first-order valence-electron chi connectivity index (χ1n) is 6.50. The monoisotopic (exact) mass is 282 g/mol. The van der Waals surface area contributed by atoms with Crippen LogP contribution in [-0.4, -0.2) is 18.9 Å². The van der Waals surface area contributed by atoms with Crippen LogP contribution in [0.5, 0.6) is 5.75 Å². The van der Waals surface area contributed by atoms with Gasteiger partial charge in [0.15, 0.2) is 0 Å². The predicted octanol–water partition coefficient (Wildman–Crippen LogP) is 2.01. The van der Waals surface area contributed by atoms with Gasteiger partial charge in [0, 0.05) is 11.6 Å². The van der Waals surface area contributed by atoms with Gasteiger partial charge in [-0.3, -0.25) is 9.59 Å². The van der Waals surface area contributed by atoms with Crippen molar-refractivity contribution in [2.45, 2.75) is 6.42 Å². The number of benzene rings is 2. The van der Waals surface area contributed by atoms with Gasteiger partial charge in [0.1, 0.15) is 5.75 Å². The Morgan fingerprint density at radius 1 is 1.14 bits per heavy atom. The molecular weight excluding hydrogens is 268 g/mol.